The van der Waals surface area contributed by atoms with Crippen molar-refractivity contribution >= 4 is 5.97 Å². The third-order valence-corrected chi connectivity index (χ3v) is 1.71. The SMILES string of the molecule is C=CNC(CC(C)(C)C)C(=O)OCC. The summed E-state index contributed by atoms with van der Waals surface area (Å²) in [4.78, 5) is 11.5. The third kappa shape index (κ3) is 5.62. The Kier molecular flexibility index (Phi) is 5.28. The van der Waals surface area contributed by atoms with E-state index in [-0.39, 0.29) is 17.4 Å². The molecular weight excluding hydrogens is 178 g/mol. The maximum Gasteiger partial charge on any atom is 0.328 e. The third-order valence-electron chi connectivity index (χ3n) is 1.71. The van der Waals surface area contributed by atoms with Crippen LogP contribution in [0, 0.1) is 5.41 Å². The minimum absolute atomic E-state index is 0.0907. The van der Waals surface area contributed by atoms with E-state index in [0.29, 0.717) is 6.61 Å². The summed E-state index contributed by atoms with van der Waals surface area (Å²) in [5, 5.41) is 2.91. The molecule has 0 aliphatic carbocycles. The Balaban J connectivity index is 4.28. The summed E-state index contributed by atoms with van der Waals surface area (Å²) in [6, 6.07) is -0.285. The van der Waals surface area contributed by atoms with Gasteiger partial charge in [-0.2, -0.15) is 0 Å². The second-order valence-electron chi connectivity index (χ2n) is 4.44. The smallest absolute Gasteiger partial charge is 0.328 e. The standard InChI is InChI=1S/C11H21NO2/c1-6-12-9(8-11(3,4)5)10(13)14-7-2/h6,9,12H,1,7-8H2,2-5H3. The molecule has 0 saturated carbocycles. The largest absolute Gasteiger partial charge is 0.464 e. The van der Waals surface area contributed by atoms with Crippen LogP contribution >= 0.6 is 0 Å². The van der Waals surface area contributed by atoms with Gasteiger partial charge in [0.15, 0.2) is 0 Å². The fraction of sp³-hybridized carbons (Fsp3) is 0.727. The number of carbonyl (C=O) groups is 1. The average molecular weight is 199 g/mol. The highest BCUT2D eigenvalue weighted by molar-refractivity contribution is 5.76. The topological polar surface area (TPSA) is 38.3 Å². The van der Waals surface area contributed by atoms with Crippen LogP contribution in [0.2, 0.25) is 0 Å². The van der Waals surface area contributed by atoms with Gasteiger partial charge < -0.3 is 10.1 Å². The fourth-order valence-corrected chi connectivity index (χ4v) is 1.21. The number of nitrogens with one attached hydrogen (secondary N) is 1. The Morgan fingerprint density at radius 1 is 1.57 bits per heavy atom. The van der Waals surface area contributed by atoms with Crippen molar-refractivity contribution in [1.82, 2.24) is 5.32 Å². The van der Waals surface area contributed by atoms with E-state index in [4.69, 9.17) is 4.74 Å². The van der Waals surface area contributed by atoms with Gasteiger partial charge in [0.25, 0.3) is 0 Å². The van der Waals surface area contributed by atoms with E-state index in [2.05, 4.69) is 32.7 Å². The van der Waals surface area contributed by atoms with Crippen LogP contribution in [0.1, 0.15) is 34.1 Å². The van der Waals surface area contributed by atoms with E-state index in [1.165, 1.54) is 6.20 Å². The number of hydrogen-bond donors (Lipinski definition) is 1. The van der Waals surface area contributed by atoms with Crippen molar-refractivity contribution in [3.8, 4) is 0 Å². The number of rotatable bonds is 5. The summed E-state index contributed by atoms with van der Waals surface area (Å²) < 4.78 is 4.95. The first-order valence-corrected chi connectivity index (χ1v) is 4.94. The lowest BCUT2D eigenvalue weighted by Gasteiger charge is -2.24. The first-order valence-electron chi connectivity index (χ1n) is 4.94. The van der Waals surface area contributed by atoms with E-state index in [1.54, 1.807) is 6.92 Å². The molecule has 0 radical (unpaired) electrons. The Bertz CT molecular complexity index is 194. The molecule has 0 saturated heterocycles. The lowest BCUT2D eigenvalue weighted by atomic mass is 9.88. The Labute approximate surface area is 86.5 Å². The van der Waals surface area contributed by atoms with Gasteiger partial charge in [-0.1, -0.05) is 27.4 Å². The molecule has 1 N–H and O–H groups in total. The zero-order valence-corrected chi connectivity index (χ0v) is 9.59. The molecule has 0 aromatic carbocycles. The summed E-state index contributed by atoms with van der Waals surface area (Å²) >= 11 is 0. The van der Waals surface area contributed by atoms with Crippen LogP contribution in [-0.4, -0.2) is 18.6 Å². The zero-order valence-electron chi connectivity index (χ0n) is 9.59. The van der Waals surface area contributed by atoms with E-state index in [0.717, 1.165) is 6.42 Å². The van der Waals surface area contributed by atoms with E-state index >= 15 is 0 Å². The molecule has 82 valence electrons. The molecule has 0 fully saturated rings. The molecule has 0 amide bonds. The monoisotopic (exact) mass is 199 g/mol. The van der Waals surface area contributed by atoms with Gasteiger partial charge in [0.05, 0.1) is 6.61 Å². The molecule has 0 aromatic rings. The van der Waals surface area contributed by atoms with Crippen LogP contribution in [0.15, 0.2) is 12.8 Å². The molecular formula is C11H21NO2. The van der Waals surface area contributed by atoms with Crippen molar-refractivity contribution in [2.24, 2.45) is 5.41 Å². The van der Waals surface area contributed by atoms with Crippen molar-refractivity contribution < 1.29 is 9.53 Å². The number of carbonyl (C=O) groups excluding carboxylic acids is 1. The Morgan fingerprint density at radius 3 is 2.50 bits per heavy atom. The zero-order chi connectivity index (χ0) is 11.2. The van der Waals surface area contributed by atoms with Gasteiger partial charge in [0.2, 0.25) is 0 Å². The molecule has 0 rings (SSSR count). The average Bonchev–Trinajstić information content (AvgIpc) is 2.01. The molecule has 0 aliphatic rings. The Hall–Kier alpha value is -0.990. The molecule has 1 unspecified atom stereocenters. The van der Waals surface area contributed by atoms with Crippen LogP contribution in [0.4, 0.5) is 0 Å². The number of ether oxygens (including phenoxy) is 1. The molecule has 0 aromatic heterocycles. The molecule has 14 heavy (non-hydrogen) atoms. The molecule has 3 nitrogen and oxygen atoms in total. The fourth-order valence-electron chi connectivity index (χ4n) is 1.21. The van der Waals surface area contributed by atoms with Gasteiger partial charge in [-0.3, -0.25) is 0 Å². The quantitative estimate of drug-likeness (QED) is 0.689. The van der Waals surface area contributed by atoms with Crippen LogP contribution in [0.5, 0.6) is 0 Å². The summed E-state index contributed by atoms with van der Waals surface area (Å²) in [5.74, 6) is -0.206. The van der Waals surface area contributed by atoms with E-state index in [1.807, 2.05) is 0 Å². The van der Waals surface area contributed by atoms with Gasteiger partial charge in [-0.05, 0) is 25.0 Å². The second kappa shape index (κ2) is 5.68. The van der Waals surface area contributed by atoms with Gasteiger partial charge >= 0.3 is 5.97 Å². The van der Waals surface area contributed by atoms with Crippen molar-refractivity contribution in [2.45, 2.75) is 40.2 Å². The molecule has 0 aliphatic heterocycles. The maximum absolute atomic E-state index is 11.5. The molecule has 0 heterocycles. The van der Waals surface area contributed by atoms with Crippen LogP contribution in [-0.2, 0) is 9.53 Å². The number of hydrogen-bond acceptors (Lipinski definition) is 3. The van der Waals surface area contributed by atoms with Gasteiger partial charge in [-0.15, -0.1) is 0 Å². The highest BCUT2D eigenvalue weighted by atomic mass is 16.5. The lowest BCUT2D eigenvalue weighted by molar-refractivity contribution is -0.146. The van der Waals surface area contributed by atoms with Crippen LogP contribution < -0.4 is 5.32 Å². The highest BCUT2D eigenvalue weighted by Gasteiger charge is 2.24. The molecule has 1 atom stereocenters. The maximum atomic E-state index is 11.5. The van der Waals surface area contributed by atoms with E-state index in [9.17, 15) is 4.79 Å². The van der Waals surface area contributed by atoms with Crippen molar-refractivity contribution in [2.75, 3.05) is 6.61 Å². The lowest BCUT2D eigenvalue weighted by Crippen LogP contribution is -2.38. The van der Waals surface area contributed by atoms with Gasteiger partial charge in [0.1, 0.15) is 6.04 Å². The summed E-state index contributed by atoms with van der Waals surface area (Å²) in [6.07, 6.45) is 2.27. The van der Waals surface area contributed by atoms with Crippen molar-refractivity contribution in [3.63, 3.8) is 0 Å². The summed E-state index contributed by atoms with van der Waals surface area (Å²) in [6.45, 7) is 12.0. The predicted molar refractivity (Wildman–Crippen MR) is 57.8 cm³/mol. The van der Waals surface area contributed by atoms with Crippen molar-refractivity contribution in [3.05, 3.63) is 12.8 Å². The first kappa shape index (κ1) is 13.0. The number of esters is 1. The first-order chi connectivity index (χ1) is 6.40. The van der Waals surface area contributed by atoms with E-state index < -0.39 is 0 Å². The molecule has 0 bridgehead atoms. The minimum Gasteiger partial charge on any atom is -0.464 e. The second-order valence-corrected chi connectivity index (χ2v) is 4.44. The highest BCUT2D eigenvalue weighted by Crippen LogP contribution is 2.21. The van der Waals surface area contributed by atoms with Crippen molar-refractivity contribution in [1.29, 1.82) is 0 Å². The Morgan fingerprint density at radius 2 is 2.14 bits per heavy atom. The van der Waals surface area contributed by atoms with Crippen LogP contribution in [0.3, 0.4) is 0 Å². The van der Waals surface area contributed by atoms with Crippen LogP contribution in [0.25, 0.3) is 0 Å². The molecule has 0 spiro atoms. The van der Waals surface area contributed by atoms with Gasteiger partial charge in [0, 0.05) is 0 Å². The summed E-state index contributed by atoms with van der Waals surface area (Å²) in [7, 11) is 0. The predicted octanol–water partition coefficient (Wildman–Crippen LogP) is 2.09. The normalized spacial score (nSPS) is 13.1. The molecule has 3 heteroatoms. The summed E-state index contributed by atoms with van der Waals surface area (Å²) in [5.41, 5.74) is 0.0907. The minimum atomic E-state index is -0.285. The van der Waals surface area contributed by atoms with Gasteiger partial charge in [-0.25, -0.2) is 4.79 Å².